The van der Waals surface area contributed by atoms with Gasteiger partial charge in [0.2, 0.25) is 5.91 Å². The minimum atomic E-state index is -1.00. The number of nitrogens with zero attached hydrogens (tertiary/aromatic N) is 2. The predicted octanol–water partition coefficient (Wildman–Crippen LogP) is 0.712. The summed E-state index contributed by atoms with van der Waals surface area (Å²) >= 11 is 0. The average molecular weight is 269 g/mol. The Bertz CT molecular complexity index is 508. The molecule has 1 saturated heterocycles. The van der Waals surface area contributed by atoms with Crippen molar-refractivity contribution in [1.29, 1.82) is 0 Å². The first-order valence-corrected chi connectivity index (χ1v) is 5.95. The van der Waals surface area contributed by atoms with Crippen molar-refractivity contribution in [2.24, 2.45) is 0 Å². The summed E-state index contributed by atoms with van der Waals surface area (Å²) in [6.07, 6.45) is 2.13. The minimum absolute atomic E-state index is 0.0559. The van der Waals surface area contributed by atoms with E-state index in [1.165, 1.54) is 0 Å². The SMILES string of the molecule is O=C(NCCN1CCCC1=O)c1ncc(F)cc1F. The number of carbonyl (C=O) groups is 2. The quantitative estimate of drug-likeness (QED) is 0.875. The molecule has 1 aromatic rings. The second-order valence-corrected chi connectivity index (χ2v) is 4.22. The van der Waals surface area contributed by atoms with E-state index in [9.17, 15) is 18.4 Å². The van der Waals surface area contributed by atoms with Crippen molar-refractivity contribution < 1.29 is 18.4 Å². The molecule has 2 heterocycles. The van der Waals surface area contributed by atoms with Crippen LogP contribution in [0.1, 0.15) is 23.3 Å². The standard InChI is InChI=1S/C12H13F2N3O2/c13-8-6-9(14)11(16-7-8)12(19)15-3-5-17-4-1-2-10(17)18/h6-7H,1-5H2,(H,15,19). The number of pyridine rings is 1. The molecular formula is C12H13F2N3O2. The zero-order chi connectivity index (χ0) is 13.8. The highest BCUT2D eigenvalue weighted by Crippen LogP contribution is 2.08. The number of likely N-dealkylation sites (tertiary alicyclic amines) is 1. The highest BCUT2D eigenvalue weighted by Gasteiger charge is 2.20. The maximum absolute atomic E-state index is 13.3. The zero-order valence-electron chi connectivity index (χ0n) is 10.2. The Morgan fingerprint density at radius 2 is 2.26 bits per heavy atom. The second-order valence-electron chi connectivity index (χ2n) is 4.22. The molecule has 7 heteroatoms. The van der Waals surface area contributed by atoms with E-state index in [1.807, 2.05) is 0 Å². The van der Waals surface area contributed by atoms with Crippen molar-refractivity contribution in [3.05, 3.63) is 29.6 Å². The molecule has 0 atom stereocenters. The lowest BCUT2D eigenvalue weighted by molar-refractivity contribution is -0.127. The Hall–Kier alpha value is -2.05. The van der Waals surface area contributed by atoms with E-state index in [4.69, 9.17) is 0 Å². The van der Waals surface area contributed by atoms with Crippen molar-refractivity contribution in [3.8, 4) is 0 Å². The summed E-state index contributed by atoms with van der Waals surface area (Å²) in [6.45, 7) is 1.27. The van der Waals surface area contributed by atoms with Crippen molar-refractivity contribution in [2.45, 2.75) is 12.8 Å². The summed E-state index contributed by atoms with van der Waals surface area (Å²) in [5.41, 5.74) is -0.450. The largest absolute Gasteiger partial charge is 0.349 e. The molecule has 0 bridgehead atoms. The third-order valence-corrected chi connectivity index (χ3v) is 2.86. The predicted molar refractivity (Wildman–Crippen MR) is 62.3 cm³/mol. The van der Waals surface area contributed by atoms with Crippen LogP contribution in [0.2, 0.25) is 0 Å². The Kier molecular flexibility index (Phi) is 4.03. The van der Waals surface area contributed by atoms with Gasteiger partial charge in [0.1, 0.15) is 5.82 Å². The van der Waals surface area contributed by atoms with Gasteiger partial charge in [0.05, 0.1) is 6.20 Å². The fourth-order valence-electron chi connectivity index (χ4n) is 1.91. The van der Waals surface area contributed by atoms with Gasteiger partial charge in [-0.1, -0.05) is 0 Å². The molecule has 1 N–H and O–H groups in total. The van der Waals surface area contributed by atoms with E-state index in [-0.39, 0.29) is 12.5 Å². The molecule has 0 unspecified atom stereocenters. The lowest BCUT2D eigenvalue weighted by Gasteiger charge is -2.15. The van der Waals surface area contributed by atoms with Crippen LogP contribution in [0.4, 0.5) is 8.78 Å². The monoisotopic (exact) mass is 269 g/mol. The molecule has 1 aliphatic rings. The summed E-state index contributed by atoms with van der Waals surface area (Å²) in [5, 5.41) is 2.45. The molecule has 2 rings (SSSR count). The number of rotatable bonds is 4. The van der Waals surface area contributed by atoms with Gasteiger partial charge in [0, 0.05) is 32.1 Å². The van der Waals surface area contributed by atoms with E-state index in [0.717, 1.165) is 12.6 Å². The van der Waals surface area contributed by atoms with Crippen LogP contribution in [0, 0.1) is 11.6 Å². The van der Waals surface area contributed by atoms with Crippen LogP contribution >= 0.6 is 0 Å². The minimum Gasteiger partial charge on any atom is -0.349 e. The molecule has 1 aliphatic heterocycles. The zero-order valence-corrected chi connectivity index (χ0v) is 10.2. The number of amides is 2. The first-order chi connectivity index (χ1) is 9.08. The second kappa shape index (κ2) is 5.73. The van der Waals surface area contributed by atoms with Gasteiger partial charge in [-0.05, 0) is 6.42 Å². The van der Waals surface area contributed by atoms with E-state index in [1.54, 1.807) is 4.90 Å². The molecule has 102 valence electrons. The van der Waals surface area contributed by atoms with Gasteiger partial charge < -0.3 is 10.2 Å². The lowest BCUT2D eigenvalue weighted by atomic mass is 10.3. The molecule has 0 spiro atoms. The molecule has 2 amide bonds. The Labute approximate surface area is 108 Å². The first-order valence-electron chi connectivity index (χ1n) is 5.95. The van der Waals surface area contributed by atoms with E-state index >= 15 is 0 Å². The van der Waals surface area contributed by atoms with Crippen molar-refractivity contribution >= 4 is 11.8 Å². The number of hydrogen-bond donors (Lipinski definition) is 1. The number of nitrogens with one attached hydrogen (secondary N) is 1. The molecule has 19 heavy (non-hydrogen) atoms. The van der Waals surface area contributed by atoms with Gasteiger partial charge in [-0.25, -0.2) is 13.8 Å². The van der Waals surface area contributed by atoms with Crippen molar-refractivity contribution in [1.82, 2.24) is 15.2 Å². The van der Waals surface area contributed by atoms with Gasteiger partial charge >= 0.3 is 0 Å². The van der Waals surface area contributed by atoms with Crippen LogP contribution in [-0.4, -0.2) is 41.3 Å². The van der Waals surface area contributed by atoms with E-state index in [0.29, 0.717) is 25.6 Å². The molecule has 0 aliphatic carbocycles. The Morgan fingerprint density at radius 3 is 2.89 bits per heavy atom. The maximum Gasteiger partial charge on any atom is 0.272 e. The summed E-state index contributed by atoms with van der Waals surface area (Å²) in [5.74, 6) is -2.50. The van der Waals surface area contributed by atoms with E-state index in [2.05, 4.69) is 10.3 Å². The smallest absolute Gasteiger partial charge is 0.272 e. The summed E-state index contributed by atoms with van der Waals surface area (Å²) in [7, 11) is 0. The van der Waals surface area contributed by atoms with Crippen LogP contribution in [0.5, 0.6) is 0 Å². The normalized spacial score (nSPS) is 14.8. The highest BCUT2D eigenvalue weighted by atomic mass is 19.1. The Morgan fingerprint density at radius 1 is 1.47 bits per heavy atom. The first kappa shape index (κ1) is 13.4. The van der Waals surface area contributed by atoms with Gasteiger partial charge in [-0.15, -0.1) is 0 Å². The summed E-state index contributed by atoms with van der Waals surface area (Å²) < 4.78 is 25.9. The van der Waals surface area contributed by atoms with Crippen LogP contribution in [0.3, 0.4) is 0 Å². The molecule has 1 aromatic heterocycles. The van der Waals surface area contributed by atoms with Crippen LogP contribution < -0.4 is 5.32 Å². The molecular weight excluding hydrogens is 256 g/mol. The van der Waals surface area contributed by atoms with Crippen molar-refractivity contribution in [3.63, 3.8) is 0 Å². The topological polar surface area (TPSA) is 62.3 Å². The van der Waals surface area contributed by atoms with Crippen LogP contribution in [0.25, 0.3) is 0 Å². The third-order valence-electron chi connectivity index (χ3n) is 2.86. The fourth-order valence-corrected chi connectivity index (χ4v) is 1.91. The summed E-state index contributed by atoms with van der Waals surface area (Å²) in [4.78, 5) is 27.9. The lowest BCUT2D eigenvalue weighted by Crippen LogP contribution is -2.36. The van der Waals surface area contributed by atoms with Gasteiger partial charge in [0.25, 0.3) is 5.91 Å². The number of aromatic nitrogens is 1. The van der Waals surface area contributed by atoms with Gasteiger partial charge in [0.15, 0.2) is 11.5 Å². The molecule has 1 fully saturated rings. The Balaban J connectivity index is 1.85. The summed E-state index contributed by atoms with van der Waals surface area (Å²) in [6, 6.07) is 0.603. The number of carbonyl (C=O) groups excluding carboxylic acids is 2. The fraction of sp³-hybridized carbons (Fsp3) is 0.417. The van der Waals surface area contributed by atoms with Gasteiger partial charge in [-0.2, -0.15) is 0 Å². The average Bonchev–Trinajstić information content (AvgIpc) is 2.75. The van der Waals surface area contributed by atoms with E-state index < -0.39 is 23.2 Å². The highest BCUT2D eigenvalue weighted by molar-refractivity contribution is 5.92. The number of halogens is 2. The van der Waals surface area contributed by atoms with Gasteiger partial charge in [-0.3, -0.25) is 9.59 Å². The molecule has 0 radical (unpaired) electrons. The molecule has 5 nitrogen and oxygen atoms in total. The number of hydrogen-bond acceptors (Lipinski definition) is 3. The van der Waals surface area contributed by atoms with Crippen molar-refractivity contribution in [2.75, 3.05) is 19.6 Å². The van der Waals surface area contributed by atoms with Crippen LogP contribution in [0.15, 0.2) is 12.3 Å². The maximum atomic E-state index is 13.3. The molecule has 0 saturated carbocycles. The molecule has 0 aromatic carbocycles. The van der Waals surface area contributed by atoms with Crippen LogP contribution in [-0.2, 0) is 4.79 Å². The third kappa shape index (κ3) is 3.24.